The van der Waals surface area contributed by atoms with Gasteiger partial charge in [0.15, 0.2) is 0 Å². The SMILES string of the molecule is CC(=O)N(Cc1ccccc1)[n+]1[nH]oc(=O)c1C(=O)c1ccccc1. The Morgan fingerprint density at radius 1 is 1.04 bits per heavy atom. The fourth-order valence-electron chi connectivity index (χ4n) is 2.43. The first-order valence-electron chi connectivity index (χ1n) is 7.63. The fraction of sp³-hybridized carbons (Fsp3) is 0.111. The summed E-state index contributed by atoms with van der Waals surface area (Å²) >= 11 is 0. The van der Waals surface area contributed by atoms with Crippen molar-refractivity contribution in [2.24, 2.45) is 0 Å². The predicted octanol–water partition coefficient (Wildman–Crippen LogP) is 1.17. The Labute approximate surface area is 143 Å². The van der Waals surface area contributed by atoms with Crippen LogP contribution < -0.4 is 15.4 Å². The number of H-pyrrole nitrogens is 1. The van der Waals surface area contributed by atoms with Crippen molar-refractivity contribution in [2.75, 3.05) is 5.01 Å². The number of hydrogen-bond donors (Lipinski definition) is 1. The highest BCUT2D eigenvalue weighted by Gasteiger charge is 2.36. The molecule has 0 atom stereocenters. The summed E-state index contributed by atoms with van der Waals surface area (Å²) in [7, 11) is 0. The molecule has 1 heterocycles. The van der Waals surface area contributed by atoms with Crippen molar-refractivity contribution >= 4 is 11.7 Å². The zero-order valence-corrected chi connectivity index (χ0v) is 13.5. The Morgan fingerprint density at radius 2 is 1.64 bits per heavy atom. The molecule has 2 aromatic carbocycles. The summed E-state index contributed by atoms with van der Waals surface area (Å²) < 4.78 is 4.77. The zero-order chi connectivity index (χ0) is 17.8. The van der Waals surface area contributed by atoms with Crippen molar-refractivity contribution in [1.29, 1.82) is 0 Å². The lowest BCUT2D eigenvalue weighted by molar-refractivity contribution is -0.752. The third kappa shape index (κ3) is 3.40. The Bertz CT molecular complexity index is 945. The molecule has 3 rings (SSSR count). The van der Waals surface area contributed by atoms with E-state index in [0.29, 0.717) is 5.56 Å². The van der Waals surface area contributed by atoms with Gasteiger partial charge >= 0.3 is 11.3 Å². The van der Waals surface area contributed by atoms with E-state index in [1.165, 1.54) is 11.9 Å². The third-order valence-corrected chi connectivity index (χ3v) is 3.66. The van der Waals surface area contributed by atoms with Gasteiger partial charge in [0.1, 0.15) is 6.54 Å². The normalized spacial score (nSPS) is 10.4. The highest BCUT2D eigenvalue weighted by molar-refractivity contribution is 6.06. The van der Waals surface area contributed by atoms with Gasteiger partial charge in [0.05, 0.1) is 4.79 Å². The number of nitrogens with one attached hydrogen (secondary N) is 1. The predicted molar refractivity (Wildman–Crippen MR) is 88.4 cm³/mol. The van der Waals surface area contributed by atoms with Gasteiger partial charge in [0.2, 0.25) is 0 Å². The number of aromatic amines is 1. The smallest absolute Gasteiger partial charge is 0.281 e. The lowest BCUT2D eigenvalue weighted by atomic mass is 10.1. The summed E-state index contributed by atoms with van der Waals surface area (Å²) in [6, 6.07) is 17.6. The third-order valence-electron chi connectivity index (χ3n) is 3.66. The van der Waals surface area contributed by atoms with Crippen LogP contribution in [0.5, 0.6) is 0 Å². The van der Waals surface area contributed by atoms with Crippen LogP contribution in [0.2, 0.25) is 0 Å². The number of hydrogen-bond acceptors (Lipinski definition) is 4. The molecule has 0 saturated heterocycles. The molecule has 0 radical (unpaired) electrons. The summed E-state index contributed by atoms with van der Waals surface area (Å²) in [6.45, 7) is 1.52. The maximum Gasteiger partial charge on any atom is 0.442 e. The monoisotopic (exact) mass is 338 g/mol. The molecule has 0 fully saturated rings. The Morgan fingerprint density at radius 3 is 2.24 bits per heavy atom. The van der Waals surface area contributed by atoms with Crippen molar-refractivity contribution in [3.8, 4) is 0 Å². The largest absolute Gasteiger partial charge is 0.442 e. The topological polar surface area (TPSA) is 87.3 Å². The molecule has 7 nitrogen and oxygen atoms in total. The molecule has 0 unspecified atom stereocenters. The van der Waals surface area contributed by atoms with Crippen LogP contribution in [0.3, 0.4) is 0 Å². The second-order valence-electron chi connectivity index (χ2n) is 5.40. The number of nitrogens with zero attached hydrogens (tertiary/aromatic N) is 2. The Kier molecular flexibility index (Phi) is 4.56. The molecular formula is C18H16N3O4+. The maximum absolute atomic E-state index is 12.7. The highest BCUT2D eigenvalue weighted by Crippen LogP contribution is 2.05. The molecule has 0 bridgehead atoms. The van der Waals surface area contributed by atoms with Gasteiger partial charge in [-0.15, -0.1) is 0 Å². The van der Waals surface area contributed by atoms with E-state index in [9.17, 15) is 14.4 Å². The molecular weight excluding hydrogens is 322 g/mol. The zero-order valence-electron chi connectivity index (χ0n) is 13.5. The van der Waals surface area contributed by atoms with E-state index in [4.69, 9.17) is 4.52 Å². The lowest BCUT2D eigenvalue weighted by Crippen LogP contribution is -2.64. The van der Waals surface area contributed by atoms with Crippen LogP contribution in [0.25, 0.3) is 0 Å². The Hall–Kier alpha value is -3.48. The average Bonchev–Trinajstić information content (AvgIpc) is 3.01. The molecule has 7 heteroatoms. The van der Waals surface area contributed by atoms with Gasteiger partial charge in [-0.05, 0) is 5.56 Å². The number of rotatable bonds is 5. The molecule has 1 aromatic heterocycles. The molecule has 0 aliphatic carbocycles. The number of amides is 1. The minimum absolute atomic E-state index is 0.172. The van der Waals surface area contributed by atoms with E-state index in [-0.39, 0.29) is 18.1 Å². The second kappa shape index (κ2) is 6.96. The van der Waals surface area contributed by atoms with Crippen molar-refractivity contribution in [2.45, 2.75) is 13.5 Å². The minimum Gasteiger partial charge on any atom is -0.281 e. The molecule has 1 N–H and O–H groups in total. The molecule has 1 amide bonds. The quantitative estimate of drug-likeness (QED) is 0.559. The van der Waals surface area contributed by atoms with Gasteiger partial charge in [-0.3, -0.25) is 14.1 Å². The standard InChI is InChI=1S/C18H15N3O4/c1-13(22)20(12-14-8-4-2-5-9-14)21-16(18(24)25-19-21)17(23)15-10-6-3-7-11-15/h2-11H,12H2,1H3/p+1. The number of carbonyl (C=O) groups is 2. The second-order valence-corrected chi connectivity index (χ2v) is 5.40. The van der Waals surface area contributed by atoms with E-state index in [1.54, 1.807) is 30.3 Å². The van der Waals surface area contributed by atoms with Crippen LogP contribution in [0.15, 0.2) is 70.0 Å². The van der Waals surface area contributed by atoms with E-state index in [1.807, 2.05) is 30.3 Å². The van der Waals surface area contributed by atoms with E-state index < -0.39 is 11.4 Å². The molecule has 0 aliphatic rings. The van der Waals surface area contributed by atoms with Crippen molar-refractivity contribution in [3.05, 3.63) is 87.9 Å². The van der Waals surface area contributed by atoms with E-state index in [2.05, 4.69) is 5.27 Å². The van der Waals surface area contributed by atoms with E-state index in [0.717, 1.165) is 10.4 Å². The van der Waals surface area contributed by atoms with Crippen LogP contribution in [-0.2, 0) is 11.3 Å². The maximum atomic E-state index is 12.7. The highest BCUT2D eigenvalue weighted by atomic mass is 16.5. The van der Waals surface area contributed by atoms with Gasteiger partial charge in [-0.25, -0.2) is 4.79 Å². The van der Waals surface area contributed by atoms with Crippen LogP contribution in [-0.4, -0.2) is 17.0 Å². The minimum atomic E-state index is -0.840. The summed E-state index contributed by atoms with van der Waals surface area (Å²) in [4.78, 5) is 37.9. The first-order chi connectivity index (χ1) is 12.1. The van der Waals surface area contributed by atoms with Crippen molar-refractivity contribution in [3.63, 3.8) is 0 Å². The number of ketones is 1. The van der Waals surface area contributed by atoms with Gasteiger partial charge in [0, 0.05) is 17.8 Å². The fourth-order valence-corrected chi connectivity index (χ4v) is 2.43. The molecule has 126 valence electrons. The van der Waals surface area contributed by atoms with Crippen LogP contribution in [0.1, 0.15) is 28.5 Å². The summed E-state index contributed by atoms with van der Waals surface area (Å²) in [5, 5.41) is 3.57. The number of carbonyl (C=O) groups excluding carboxylic acids is 2. The summed E-state index contributed by atoms with van der Waals surface area (Å²) in [5.41, 5.74) is 0.0576. The Balaban J connectivity index is 2.03. The van der Waals surface area contributed by atoms with Crippen LogP contribution in [0, 0.1) is 0 Å². The summed E-state index contributed by atoms with van der Waals surface area (Å²) in [6.07, 6.45) is 0. The first kappa shape index (κ1) is 16.4. The van der Waals surface area contributed by atoms with Gasteiger partial charge in [-0.2, -0.15) is 0 Å². The van der Waals surface area contributed by atoms with Crippen molar-refractivity contribution in [1.82, 2.24) is 5.27 Å². The number of aromatic nitrogens is 2. The van der Waals surface area contributed by atoms with Gasteiger partial charge < -0.3 is 0 Å². The first-order valence-corrected chi connectivity index (χ1v) is 7.63. The average molecular weight is 338 g/mol. The van der Waals surface area contributed by atoms with Gasteiger partial charge in [-0.1, -0.05) is 65.7 Å². The number of benzene rings is 2. The lowest BCUT2D eigenvalue weighted by Gasteiger charge is -2.11. The van der Waals surface area contributed by atoms with Crippen LogP contribution >= 0.6 is 0 Å². The van der Waals surface area contributed by atoms with Crippen LogP contribution in [0.4, 0.5) is 0 Å². The van der Waals surface area contributed by atoms with Crippen molar-refractivity contribution < 1.29 is 18.9 Å². The van der Waals surface area contributed by atoms with Gasteiger partial charge in [0.25, 0.3) is 11.7 Å². The molecule has 0 saturated carbocycles. The molecule has 3 aromatic rings. The summed E-state index contributed by atoms with van der Waals surface area (Å²) in [5.74, 6) is -0.886. The molecule has 0 spiro atoms. The molecule has 0 aliphatic heterocycles. The molecule has 25 heavy (non-hydrogen) atoms. The van der Waals surface area contributed by atoms with E-state index >= 15 is 0 Å².